The molecule has 25 heavy (non-hydrogen) atoms. The highest BCUT2D eigenvalue weighted by Crippen LogP contribution is 2.24. The van der Waals surface area contributed by atoms with Gasteiger partial charge < -0.3 is 14.2 Å². The fourth-order valence-corrected chi connectivity index (χ4v) is 3.09. The Morgan fingerprint density at radius 1 is 1.24 bits per heavy atom. The van der Waals surface area contributed by atoms with Crippen LogP contribution in [0.5, 0.6) is 5.75 Å². The van der Waals surface area contributed by atoms with Gasteiger partial charge in [0.25, 0.3) is 0 Å². The van der Waals surface area contributed by atoms with Crippen molar-refractivity contribution in [2.24, 2.45) is 0 Å². The summed E-state index contributed by atoms with van der Waals surface area (Å²) in [6.07, 6.45) is 6.75. The minimum atomic E-state index is 0.147. The lowest BCUT2D eigenvalue weighted by molar-refractivity contribution is 0.164. The topological polar surface area (TPSA) is 67.5 Å². The van der Waals surface area contributed by atoms with Gasteiger partial charge in [-0.1, -0.05) is 18.5 Å². The highest BCUT2D eigenvalue weighted by molar-refractivity contribution is 5.48. The summed E-state index contributed by atoms with van der Waals surface area (Å²) in [6.45, 7) is 8.09. The number of hydrogen-bond donors (Lipinski definition) is 0. The number of methoxy groups -OCH3 is 1. The van der Waals surface area contributed by atoms with Gasteiger partial charge in [0.1, 0.15) is 5.75 Å². The van der Waals surface area contributed by atoms with Crippen LogP contribution in [-0.4, -0.2) is 53.3 Å². The van der Waals surface area contributed by atoms with Crippen LogP contribution < -0.4 is 9.64 Å². The molecule has 1 fully saturated rings. The van der Waals surface area contributed by atoms with E-state index in [0.717, 1.165) is 68.6 Å². The van der Waals surface area contributed by atoms with Crippen molar-refractivity contribution >= 4 is 5.69 Å². The van der Waals surface area contributed by atoms with Gasteiger partial charge in [-0.25, -0.2) is 0 Å². The van der Waals surface area contributed by atoms with E-state index < -0.39 is 0 Å². The summed E-state index contributed by atoms with van der Waals surface area (Å²) < 4.78 is 10.7. The van der Waals surface area contributed by atoms with Gasteiger partial charge in [0.05, 0.1) is 31.2 Å². The molecule has 3 heterocycles. The molecule has 7 heteroatoms. The third kappa shape index (κ3) is 4.28. The van der Waals surface area contributed by atoms with E-state index in [9.17, 15) is 0 Å². The van der Waals surface area contributed by atoms with E-state index in [0.29, 0.717) is 0 Å². The van der Waals surface area contributed by atoms with Crippen molar-refractivity contribution < 1.29 is 9.26 Å². The van der Waals surface area contributed by atoms with Crippen LogP contribution in [-0.2, 0) is 6.42 Å². The Morgan fingerprint density at radius 3 is 2.76 bits per heavy atom. The minimum Gasteiger partial charge on any atom is -0.495 e. The molecule has 1 saturated heterocycles. The van der Waals surface area contributed by atoms with Gasteiger partial charge in [-0.15, -0.1) is 0 Å². The first kappa shape index (κ1) is 17.7. The van der Waals surface area contributed by atoms with E-state index in [4.69, 9.17) is 9.26 Å². The Morgan fingerprint density at radius 2 is 2.04 bits per heavy atom. The summed E-state index contributed by atoms with van der Waals surface area (Å²) in [7, 11) is 1.67. The molecule has 0 aromatic carbocycles. The van der Waals surface area contributed by atoms with Crippen molar-refractivity contribution in [3.8, 4) is 5.75 Å². The highest BCUT2D eigenvalue weighted by Gasteiger charge is 2.26. The molecule has 0 bridgehead atoms. The number of aromatic nitrogens is 3. The average molecular weight is 345 g/mol. The number of nitrogens with zero attached hydrogens (tertiary/aromatic N) is 5. The number of ether oxygens (including phenoxy) is 1. The van der Waals surface area contributed by atoms with Crippen LogP contribution in [0.3, 0.4) is 0 Å². The largest absolute Gasteiger partial charge is 0.495 e. The standard InChI is InChI=1S/C18H27N5O2/c1-4-5-6-17-20-18(25-21-17)14(2)22-7-9-23(10-8-22)15-11-16(24-3)13-19-12-15/h11-14H,4-10H2,1-3H3. The first-order valence-electron chi connectivity index (χ1n) is 9.01. The third-order valence-electron chi connectivity index (χ3n) is 4.76. The molecule has 0 spiro atoms. The van der Waals surface area contributed by atoms with Crippen molar-refractivity contribution in [3.05, 3.63) is 30.2 Å². The molecule has 136 valence electrons. The second kappa shape index (κ2) is 8.29. The Kier molecular flexibility index (Phi) is 5.86. The van der Waals surface area contributed by atoms with Crippen LogP contribution in [0.25, 0.3) is 0 Å². The maximum Gasteiger partial charge on any atom is 0.243 e. The van der Waals surface area contributed by atoms with E-state index >= 15 is 0 Å². The molecule has 2 aromatic rings. The van der Waals surface area contributed by atoms with Gasteiger partial charge in [0, 0.05) is 38.7 Å². The van der Waals surface area contributed by atoms with Gasteiger partial charge in [-0.3, -0.25) is 9.88 Å². The van der Waals surface area contributed by atoms with E-state index in [1.165, 1.54) is 0 Å². The average Bonchev–Trinajstić information content (AvgIpc) is 3.15. The van der Waals surface area contributed by atoms with E-state index in [1.54, 1.807) is 13.3 Å². The van der Waals surface area contributed by atoms with Crippen LogP contribution in [0.2, 0.25) is 0 Å². The van der Waals surface area contributed by atoms with Crippen LogP contribution >= 0.6 is 0 Å². The molecule has 1 atom stereocenters. The molecule has 1 unspecified atom stereocenters. The van der Waals surface area contributed by atoms with Crippen molar-refractivity contribution in [2.45, 2.75) is 39.2 Å². The number of hydrogen-bond acceptors (Lipinski definition) is 7. The molecule has 0 amide bonds. The normalized spacial score (nSPS) is 16.8. The lowest BCUT2D eigenvalue weighted by Gasteiger charge is -2.37. The van der Waals surface area contributed by atoms with Gasteiger partial charge in [-0.05, 0) is 13.3 Å². The zero-order valence-corrected chi connectivity index (χ0v) is 15.3. The molecule has 2 aromatic heterocycles. The summed E-state index contributed by atoms with van der Waals surface area (Å²) in [5.41, 5.74) is 1.10. The van der Waals surface area contributed by atoms with Gasteiger partial charge in [-0.2, -0.15) is 4.98 Å². The maximum absolute atomic E-state index is 5.48. The first-order chi connectivity index (χ1) is 12.2. The zero-order chi connectivity index (χ0) is 17.6. The lowest BCUT2D eigenvalue weighted by Crippen LogP contribution is -2.47. The van der Waals surface area contributed by atoms with E-state index in [-0.39, 0.29) is 6.04 Å². The minimum absolute atomic E-state index is 0.147. The van der Waals surface area contributed by atoms with Crippen molar-refractivity contribution in [2.75, 3.05) is 38.2 Å². The monoisotopic (exact) mass is 345 g/mol. The molecule has 1 aliphatic rings. The summed E-state index contributed by atoms with van der Waals surface area (Å²) in [4.78, 5) is 13.5. The SMILES string of the molecule is CCCCc1noc(C(C)N2CCN(c3cncc(OC)c3)CC2)n1. The van der Waals surface area contributed by atoms with Crippen molar-refractivity contribution in [3.63, 3.8) is 0 Å². The molecule has 0 N–H and O–H groups in total. The smallest absolute Gasteiger partial charge is 0.243 e. The Hall–Kier alpha value is -2.15. The Labute approximate surface area is 149 Å². The van der Waals surface area contributed by atoms with Crippen LogP contribution in [0, 0.1) is 0 Å². The lowest BCUT2D eigenvalue weighted by atomic mass is 10.2. The fourth-order valence-electron chi connectivity index (χ4n) is 3.09. The second-order valence-corrected chi connectivity index (χ2v) is 6.43. The number of pyridine rings is 1. The Balaban J connectivity index is 1.56. The first-order valence-corrected chi connectivity index (χ1v) is 9.01. The highest BCUT2D eigenvalue weighted by atomic mass is 16.5. The van der Waals surface area contributed by atoms with Crippen LogP contribution in [0.15, 0.2) is 23.0 Å². The molecule has 0 aliphatic carbocycles. The molecule has 1 aliphatic heterocycles. The zero-order valence-electron chi connectivity index (χ0n) is 15.3. The molecular weight excluding hydrogens is 318 g/mol. The second-order valence-electron chi connectivity index (χ2n) is 6.43. The molecule has 3 rings (SSSR count). The molecule has 0 radical (unpaired) electrons. The van der Waals surface area contributed by atoms with Crippen LogP contribution in [0.4, 0.5) is 5.69 Å². The predicted octanol–water partition coefficient (Wildman–Crippen LogP) is 2.70. The number of rotatable bonds is 7. The number of anilines is 1. The van der Waals surface area contributed by atoms with E-state index in [2.05, 4.69) is 38.8 Å². The molecule has 0 saturated carbocycles. The fraction of sp³-hybridized carbons (Fsp3) is 0.611. The van der Waals surface area contributed by atoms with E-state index in [1.807, 2.05) is 12.3 Å². The maximum atomic E-state index is 5.48. The number of unbranched alkanes of at least 4 members (excludes halogenated alkanes) is 1. The predicted molar refractivity (Wildman–Crippen MR) is 95.9 cm³/mol. The van der Waals surface area contributed by atoms with Crippen molar-refractivity contribution in [1.82, 2.24) is 20.0 Å². The summed E-state index contributed by atoms with van der Waals surface area (Å²) >= 11 is 0. The van der Waals surface area contributed by atoms with Gasteiger partial charge in [0.15, 0.2) is 5.82 Å². The van der Waals surface area contributed by atoms with Gasteiger partial charge in [0.2, 0.25) is 5.89 Å². The van der Waals surface area contributed by atoms with Gasteiger partial charge >= 0.3 is 0 Å². The molecular formula is C18H27N5O2. The molecule has 7 nitrogen and oxygen atoms in total. The third-order valence-corrected chi connectivity index (χ3v) is 4.76. The van der Waals surface area contributed by atoms with Crippen molar-refractivity contribution in [1.29, 1.82) is 0 Å². The number of aryl methyl sites for hydroxylation is 1. The quantitative estimate of drug-likeness (QED) is 0.764. The van der Waals surface area contributed by atoms with Crippen LogP contribution in [0.1, 0.15) is 44.4 Å². The Bertz CT molecular complexity index is 667. The summed E-state index contributed by atoms with van der Waals surface area (Å²) in [5, 5.41) is 4.11. The number of piperazine rings is 1. The summed E-state index contributed by atoms with van der Waals surface area (Å²) in [5.74, 6) is 2.34. The summed E-state index contributed by atoms with van der Waals surface area (Å²) in [6, 6.07) is 2.18.